The van der Waals surface area contributed by atoms with Gasteiger partial charge in [-0.25, -0.2) is 0 Å². The van der Waals surface area contributed by atoms with Crippen LogP contribution in [0.25, 0.3) is 0 Å². The molecule has 2 aromatic rings. The molecule has 2 aromatic carbocycles. The van der Waals surface area contributed by atoms with Gasteiger partial charge in [0.15, 0.2) is 0 Å². The maximum Gasteiger partial charge on any atom is 0.271 e. The number of carbonyl (C=O) groups excluding carboxylic acids is 1. The van der Waals surface area contributed by atoms with E-state index in [0.29, 0.717) is 0 Å². The fraction of sp³-hybridized carbons (Fsp3) is 0.0714. The van der Waals surface area contributed by atoms with E-state index in [1.54, 1.807) is 0 Å². The fourth-order valence-corrected chi connectivity index (χ4v) is 1.86. The molecule has 0 saturated carbocycles. The van der Waals surface area contributed by atoms with Crippen LogP contribution in [0.1, 0.15) is 5.56 Å². The first-order valence-corrected chi connectivity index (χ1v) is 6.22. The summed E-state index contributed by atoms with van der Waals surface area (Å²) >= 11 is 5.91. The number of nitrogens with one attached hydrogen (secondary N) is 1. The molecule has 2 rings (SSSR count). The van der Waals surface area contributed by atoms with Crippen molar-refractivity contribution in [3.63, 3.8) is 0 Å². The van der Waals surface area contributed by atoms with Crippen molar-refractivity contribution in [1.82, 2.24) is 0 Å². The van der Waals surface area contributed by atoms with E-state index in [1.165, 1.54) is 18.2 Å². The molecular weight excluding hydrogens is 280 g/mol. The van der Waals surface area contributed by atoms with Crippen molar-refractivity contribution in [2.75, 3.05) is 5.32 Å². The first-order valence-electron chi connectivity index (χ1n) is 5.84. The van der Waals surface area contributed by atoms with E-state index < -0.39 is 4.92 Å². The Kier molecular flexibility index (Phi) is 4.32. The molecule has 20 heavy (non-hydrogen) atoms. The lowest BCUT2D eigenvalue weighted by Gasteiger charge is -2.07. The second kappa shape index (κ2) is 6.16. The van der Waals surface area contributed by atoms with Crippen LogP contribution in [0.5, 0.6) is 0 Å². The Morgan fingerprint density at radius 3 is 2.55 bits per heavy atom. The van der Waals surface area contributed by atoms with Crippen LogP contribution >= 0.6 is 11.6 Å². The van der Waals surface area contributed by atoms with Crippen molar-refractivity contribution < 1.29 is 9.72 Å². The molecule has 6 heteroatoms. The monoisotopic (exact) mass is 290 g/mol. The van der Waals surface area contributed by atoms with E-state index in [2.05, 4.69) is 5.32 Å². The van der Waals surface area contributed by atoms with Crippen molar-refractivity contribution in [3.8, 4) is 0 Å². The summed E-state index contributed by atoms with van der Waals surface area (Å²) in [7, 11) is 0. The van der Waals surface area contributed by atoms with Gasteiger partial charge in [-0.1, -0.05) is 41.9 Å². The molecule has 0 bridgehead atoms. The zero-order chi connectivity index (χ0) is 14.5. The third-order valence-electron chi connectivity index (χ3n) is 2.64. The third kappa shape index (κ3) is 3.55. The Balaban J connectivity index is 2.11. The van der Waals surface area contributed by atoms with Crippen LogP contribution in [0.3, 0.4) is 0 Å². The Hall–Kier alpha value is -2.40. The number of nitro groups is 1. The molecule has 0 saturated heterocycles. The smallest absolute Gasteiger partial charge is 0.271 e. The van der Waals surface area contributed by atoms with Gasteiger partial charge in [-0.2, -0.15) is 0 Å². The summed E-state index contributed by atoms with van der Waals surface area (Å²) in [6.45, 7) is 0. The molecule has 0 radical (unpaired) electrons. The summed E-state index contributed by atoms with van der Waals surface area (Å²) < 4.78 is 0. The number of nitrogens with zero attached hydrogens (tertiary/aromatic N) is 1. The van der Waals surface area contributed by atoms with E-state index in [0.717, 1.165) is 5.56 Å². The highest BCUT2D eigenvalue weighted by atomic mass is 35.5. The summed E-state index contributed by atoms with van der Waals surface area (Å²) in [6.07, 6.45) is 0.180. The standard InChI is InChI=1S/C14H11ClN2O3/c15-12-7-6-11(17(19)20)9-13(12)16-14(18)8-10-4-2-1-3-5-10/h1-7,9H,8H2,(H,16,18). The summed E-state index contributed by atoms with van der Waals surface area (Å²) in [5, 5.41) is 13.5. The zero-order valence-corrected chi connectivity index (χ0v) is 11.1. The third-order valence-corrected chi connectivity index (χ3v) is 2.97. The Morgan fingerprint density at radius 2 is 1.90 bits per heavy atom. The summed E-state index contributed by atoms with van der Waals surface area (Å²) in [6, 6.07) is 13.1. The van der Waals surface area contributed by atoms with Gasteiger partial charge in [0.2, 0.25) is 5.91 Å². The molecule has 0 aliphatic carbocycles. The molecule has 0 aliphatic rings. The van der Waals surface area contributed by atoms with Crippen molar-refractivity contribution in [2.24, 2.45) is 0 Å². The van der Waals surface area contributed by atoms with Gasteiger partial charge in [0.1, 0.15) is 0 Å². The number of amides is 1. The highest BCUT2D eigenvalue weighted by Gasteiger charge is 2.12. The molecule has 1 N–H and O–H groups in total. The van der Waals surface area contributed by atoms with Gasteiger partial charge in [-0.3, -0.25) is 14.9 Å². The van der Waals surface area contributed by atoms with E-state index >= 15 is 0 Å². The molecule has 0 spiro atoms. The van der Waals surface area contributed by atoms with Crippen LogP contribution in [0, 0.1) is 10.1 Å². The van der Waals surface area contributed by atoms with Gasteiger partial charge >= 0.3 is 0 Å². The average Bonchev–Trinajstić information content (AvgIpc) is 2.42. The highest BCUT2D eigenvalue weighted by molar-refractivity contribution is 6.33. The Bertz CT molecular complexity index is 644. The molecular formula is C14H11ClN2O3. The van der Waals surface area contributed by atoms with Gasteiger partial charge in [0.05, 0.1) is 22.1 Å². The van der Waals surface area contributed by atoms with Gasteiger partial charge in [0, 0.05) is 12.1 Å². The Morgan fingerprint density at radius 1 is 1.20 bits per heavy atom. The van der Waals surface area contributed by atoms with Crippen LogP contribution in [-0.2, 0) is 11.2 Å². The van der Waals surface area contributed by atoms with Gasteiger partial charge in [-0.05, 0) is 11.6 Å². The number of non-ortho nitro benzene ring substituents is 1. The minimum atomic E-state index is -0.539. The maximum absolute atomic E-state index is 11.9. The molecule has 1 amide bonds. The second-order valence-corrected chi connectivity index (χ2v) is 4.54. The molecule has 0 atom stereocenters. The highest BCUT2D eigenvalue weighted by Crippen LogP contribution is 2.26. The van der Waals surface area contributed by atoms with Gasteiger partial charge < -0.3 is 5.32 Å². The van der Waals surface area contributed by atoms with Crippen LogP contribution in [0.4, 0.5) is 11.4 Å². The van der Waals surface area contributed by atoms with Gasteiger partial charge in [-0.15, -0.1) is 0 Å². The van der Waals surface area contributed by atoms with Crippen molar-refractivity contribution >= 4 is 28.9 Å². The molecule has 0 heterocycles. The van der Waals surface area contributed by atoms with Crippen LogP contribution in [0.15, 0.2) is 48.5 Å². The van der Waals surface area contributed by atoms with E-state index in [9.17, 15) is 14.9 Å². The lowest BCUT2D eigenvalue weighted by atomic mass is 10.1. The van der Waals surface area contributed by atoms with E-state index in [1.807, 2.05) is 30.3 Å². The van der Waals surface area contributed by atoms with Crippen LogP contribution in [0.2, 0.25) is 5.02 Å². The van der Waals surface area contributed by atoms with Gasteiger partial charge in [0.25, 0.3) is 5.69 Å². The number of hydrogen-bond acceptors (Lipinski definition) is 3. The number of anilines is 1. The predicted molar refractivity (Wildman–Crippen MR) is 76.9 cm³/mol. The molecule has 0 aromatic heterocycles. The number of carbonyl (C=O) groups is 1. The number of hydrogen-bond donors (Lipinski definition) is 1. The SMILES string of the molecule is O=C(Cc1ccccc1)Nc1cc([N+](=O)[O-])ccc1Cl. The number of rotatable bonds is 4. The summed E-state index contributed by atoms with van der Waals surface area (Å²) in [4.78, 5) is 22.0. The maximum atomic E-state index is 11.9. The number of nitro benzene ring substituents is 1. The quantitative estimate of drug-likeness (QED) is 0.692. The summed E-state index contributed by atoms with van der Waals surface area (Å²) in [5.74, 6) is -0.279. The largest absolute Gasteiger partial charge is 0.324 e. The predicted octanol–water partition coefficient (Wildman–Crippen LogP) is 3.43. The van der Waals surface area contributed by atoms with Crippen LogP contribution < -0.4 is 5.32 Å². The second-order valence-electron chi connectivity index (χ2n) is 4.13. The minimum Gasteiger partial charge on any atom is -0.324 e. The minimum absolute atomic E-state index is 0.121. The topological polar surface area (TPSA) is 72.2 Å². The van der Waals surface area contributed by atoms with Crippen molar-refractivity contribution in [1.29, 1.82) is 0 Å². The zero-order valence-electron chi connectivity index (χ0n) is 10.4. The lowest BCUT2D eigenvalue weighted by Crippen LogP contribution is -2.14. The van der Waals surface area contributed by atoms with Crippen molar-refractivity contribution in [2.45, 2.75) is 6.42 Å². The fourth-order valence-electron chi connectivity index (χ4n) is 1.70. The lowest BCUT2D eigenvalue weighted by molar-refractivity contribution is -0.384. The summed E-state index contributed by atoms with van der Waals surface area (Å²) in [5.41, 5.74) is 0.970. The first kappa shape index (κ1) is 14.0. The Labute approximate surface area is 120 Å². The molecule has 0 unspecified atom stereocenters. The normalized spacial score (nSPS) is 10.1. The van der Waals surface area contributed by atoms with Crippen molar-refractivity contribution in [3.05, 3.63) is 69.2 Å². The molecule has 5 nitrogen and oxygen atoms in total. The average molecular weight is 291 g/mol. The number of halogens is 1. The molecule has 0 fully saturated rings. The van der Waals surface area contributed by atoms with Crippen LogP contribution in [-0.4, -0.2) is 10.8 Å². The number of benzene rings is 2. The van der Waals surface area contributed by atoms with E-state index in [-0.39, 0.29) is 28.7 Å². The van der Waals surface area contributed by atoms with E-state index in [4.69, 9.17) is 11.6 Å². The first-order chi connectivity index (χ1) is 9.56. The molecule has 102 valence electrons. The molecule has 0 aliphatic heterocycles.